The minimum atomic E-state index is -0.601. The van der Waals surface area contributed by atoms with Gasteiger partial charge in [-0.25, -0.2) is 9.78 Å². The second kappa shape index (κ2) is 9.96. The lowest BCUT2D eigenvalue weighted by Gasteiger charge is -2.12. The van der Waals surface area contributed by atoms with Gasteiger partial charge in [-0.2, -0.15) is 5.48 Å². The lowest BCUT2D eigenvalue weighted by atomic mass is 9.97. The lowest BCUT2D eigenvalue weighted by molar-refractivity contribution is 0.0229. The zero-order chi connectivity index (χ0) is 23.2. The first-order valence-corrected chi connectivity index (χ1v) is 10.9. The summed E-state index contributed by atoms with van der Waals surface area (Å²) in [6.45, 7) is 2.07. The van der Waals surface area contributed by atoms with E-state index in [0.29, 0.717) is 28.8 Å². The van der Waals surface area contributed by atoms with Crippen molar-refractivity contribution < 1.29 is 14.4 Å². The smallest absolute Gasteiger partial charge is 0.363 e. The first-order valence-electron chi connectivity index (χ1n) is 10.9. The number of nitrogens with zero attached hydrogens (tertiary/aromatic N) is 1. The van der Waals surface area contributed by atoms with Gasteiger partial charge in [-0.15, -0.1) is 0 Å². The minimum absolute atomic E-state index is 0.320. The van der Waals surface area contributed by atoms with Gasteiger partial charge < -0.3 is 10.6 Å². The fourth-order valence-corrected chi connectivity index (χ4v) is 3.74. The monoisotopic (exact) mass is 439 g/mol. The van der Waals surface area contributed by atoms with Crippen LogP contribution in [0.25, 0.3) is 10.8 Å². The molecule has 3 N–H and O–H groups in total. The lowest BCUT2D eigenvalue weighted by Crippen LogP contribution is -2.27. The second-order valence-electron chi connectivity index (χ2n) is 7.78. The SMILES string of the molecule is CCc1ccc(C(=O)ONC(=O)c2ccc3ccnc(N)c3c2)c(CCc2ccccc2)c1. The molecule has 0 bridgehead atoms. The van der Waals surface area contributed by atoms with Crippen LogP contribution in [0, 0.1) is 0 Å². The third-order valence-corrected chi connectivity index (χ3v) is 5.62. The molecule has 3 aromatic carbocycles. The molecule has 166 valence electrons. The predicted octanol–water partition coefficient (Wildman–Crippen LogP) is 4.67. The Hall–Kier alpha value is -4.19. The van der Waals surface area contributed by atoms with Gasteiger partial charge in [-0.3, -0.25) is 4.79 Å². The Bertz CT molecular complexity index is 1300. The molecule has 0 aliphatic carbocycles. The number of nitrogens with one attached hydrogen (secondary N) is 1. The van der Waals surface area contributed by atoms with Crippen LogP contribution in [-0.4, -0.2) is 16.9 Å². The van der Waals surface area contributed by atoms with Crippen LogP contribution in [0.4, 0.5) is 5.82 Å². The van der Waals surface area contributed by atoms with E-state index >= 15 is 0 Å². The van der Waals surface area contributed by atoms with E-state index in [1.165, 1.54) is 5.56 Å². The van der Waals surface area contributed by atoms with Crippen molar-refractivity contribution in [3.63, 3.8) is 0 Å². The van der Waals surface area contributed by atoms with Crippen molar-refractivity contribution in [1.82, 2.24) is 10.5 Å². The summed E-state index contributed by atoms with van der Waals surface area (Å²) in [7, 11) is 0. The number of carbonyl (C=O) groups excluding carboxylic acids is 2. The van der Waals surface area contributed by atoms with Crippen LogP contribution in [-0.2, 0) is 24.1 Å². The van der Waals surface area contributed by atoms with Gasteiger partial charge in [0.05, 0.1) is 5.56 Å². The van der Waals surface area contributed by atoms with Gasteiger partial charge in [0.15, 0.2) is 0 Å². The summed E-state index contributed by atoms with van der Waals surface area (Å²) < 4.78 is 0. The number of aryl methyl sites for hydroxylation is 3. The van der Waals surface area contributed by atoms with Crippen LogP contribution >= 0.6 is 0 Å². The third-order valence-electron chi connectivity index (χ3n) is 5.62. The van der Waals surface area contributed by atoms with E-state index in [1.807, 2.05) is 36.4 Å². The van der Waals surface area contributed by atoms with Crippen LogP contribution in [0.3, 0.4) is 0 Å². The van der Waals surface area contributed by atoms with Crippen LogP contribution in [0.1, 0.15) is 44.3 Å². The van der Waals surface area contributed by atoms with E-state index in [4.69, 9.17) is 10.6 Å². The van der Waals surface area contributed by atoms with Crippen molar-refractivity contribution in [3.8, 4) is 0 Å². The van der Waals surface area contributed by atoms with Gasteiger partial charge in [-0.1, -0.05) is 55.5 Å². The molecule has 0 spiro atoms. The maximum absolute atomic E-state index is 12.8. The number of amides is 1. The summed E-state index contributed by atoms with van der Waals surface area (Å²) in [6.07, 6.45) is 3.96. The van der Waals surface area contributed by atoms with Crippen molar-refractivity contribution in [2.24, 2.45) is 0 Å². The molecular formula is C27H25N3O3. The molecule has 0 aliphatic heterocycles. The van der Waals surface area contributed by atoms with Gasteiger partial charge in [0.25, 0.3) is 5.91 Å². The van der Waals surface area contributed by atoms with Gasteiger partial charge in [-0.05, 0) is 65.6 Å². The standard InChI is InChI=1S/C27H25N3O3/c1-2-18-9-13-23(21(16-18)10-8-19-6-4-3-5-7-19)27(32)33-30-26(31)22-12-11-20-14-15-29-25(28)24(20)17-22/h3-7,9,11-17H,2,8,10H2,1H3,(H2,28,29)(H,30,31). The number of nitrogen functional groups attached to an aromatic ring is 1. The summed E-state index contributed by atoms with van der Waals surface area (Å²) in [4.78, 5) is 34.6. The van der Waals surface area contributed by atoms with Gasteiger partial charge in [0, 0.05) is 17.1 Å². The maximum Gasteiger partial charge on any atom is 0.363 e. The number of pyridine rings is 1. The number of hydroxylamine groups is 1. The molecule has 6 heteroatoms. The van der Waals surface area contributed by atoms with Crippen LogP contribution in [0.2, 0.25) is 0 Å². The highest BCUT2D eigenvalue weighted by atomic mass is 16.7. The topological polar surface area (TPSA) is 94.3 Å². The number of benzene rings is 3. The van der Waals surface area contributed by atoms with Crippen molar-refractivity contribution in [2.75, 3.05) is 5.73 Å². The summed E-state index contributed by atoms with van der Waals surface area (Å²) in [5, 5.41) is 1.53. The fraction of sp³-hybridized carbons (Fsp3) is 0.148. The zero-order valence-corrected chi connectivity index (χ0v) is 18.4. The molecule has 0 radical (unpaired) electrons. The van der Waals surface area contributed by atoms with E-state index < -0.39 is 11.9 Å². The van der Waals surface area contributed by atoms with Crippen molar-refractivity contribution in [3.05, 3.63) is 107 Å². The maximum atomic E-state index is 12.8. The number of nitrogens with two attached hydrogens (primary N) is 1. The quantitative estimate of drug-likeness (QED) is 0.426. The number of hydrogen-bond acceptors (Lipinski definition) is 5. The van der Waals surface area contributed by atoms with Crippen molar-refractivity contribution >= 4 is 28.5 Å². The number of anilines is 1. The van der Waals surface area contributed by atoms with Gasteiger partial charge >= 0.3 is 5.97 Å². The van der Waals surface area contributed by atoms with Gasteiger partial charge in [0.2, 0.25) is 0 Å². The average molecular weight is 440 g/mol. The minimum Gasteiger partial charge on any atom is -0.383 e. The molecule has 1 aromatic heterocycles. The fourth-order valence-electron chi connectivity index (χ4n) is 3.74. The largest absolute Gasteiger partial charge is 0.383 e. The van der Waals surface area contributed by atoms with Crippen molar-refractivity contribution in [2.45, 2.75) is 26.2 Å². The highest BCUT2D eigenvalue weighted by Gasteiger charge is 2.16. The molecule has 0 unspecified atom stereocenters. The molecular weight excluding hydrogens is 414 g/mol. The number of fused-ring (bicyclic) bond motifs is 1. The Morgan fingerprint density at radius 3 is 2.55 bits per heavy atom. The Kier molecular flexibility index (Phi) is 6.64. The van der Waals surface area contributed by atoms with E-state index in [-0.39, 0.29) is 0 Å². The molecule has 0 fully saturated rings. The van der Waals surface area contributed by atoms with Crippen LogP contribution in [0.15, 0.2) is 79.0 Å². The summed E-state index contributed by atoms with van der Waals surface area (Å²) in [6, 6.07) is 22.7. The summed E-state index contributed by atoms with van der Waals surface area (Å²) >= 11 is 0. The Morgan fingerprint density at radius 1 is 0.939 bits per heavy atom. The van der Waals surface area contributed by atoms with Crippen LogP contribution < -0.4 is 11.2 Å². The number of carbonyl (C=O) groups is 2. The van der Waals surface area contributed by atoms with E-state index in [9.17, 15) is 9.59 Å². The molecule has 0 saturated heterocycles. The first-order chi connectivity index (χ1) is 16.0. The molecule has 1 heterocycles. The summed E-state index contributed by atoms with van der Waals surface area (Å²) in [5.74, 6) is -0.807. The molecule has 33 heavy (non-hydrogen) atoms. The molecule has 0 aliphatic rings. The Balaban J connectivity index is 1.47. The van der Waals surface area contributed by atoms with Crippen molar-refractivity contribution in [1.29, 1.82) is 0 Å². The zero-order valence-electron chi connectivity index (χ0n) is 18.4. The van der Waals surface area contributed by atoms with E-state index in [0.717, 1.165) is 29.4 Å². The normalized spacial score (nSPS) is 10.7. The summed E-state index contributed by atoms with van der Waals surface area (Å²) in [5.41, 5.74) is 12.1. The molecule has 1 amide bonds. The molecule has 4 rings (SSSR count). The van der Waals surface area contributed by atoms with E-state index in [2.05, 4.69) is 29.5 Å². The number of aromatic nitrogens is 1. The Labute approximate surface area is 192 Å². The highest BCUT2D eigenvalue weighted by molar-refractivity contribution is 6.01. The van der Waals surface area contributed by atoms with Crippen LogP contribution in [0.5, 0.6) is 0 Å². The number of hydrogen-bond donors (Lipinski definition) is 2. The third kappa shape index (κ3) is 5.18. The highest BCUT2D eigenvalue weighted by Crippen LogP contribution is 2.20. The molecule has 0 atom stereocenters. The van der Waals surface area contributed by atoms with E-state index in [1.54, 1.807) is 30.5 Å². The Morgan fingerprint density at radius 2 is 1.76 bits per heavy atom. The first kappa shape index (κ1) is 22.0. The molecule has 6 nitrogen and oxygen atoms in total. The average Bonchev–Trinajstić information content (AvgIpc) is 2.86. The second-order valence-corrected chi connectivity index (χ2v) is 7.78. The van der Waals surface area contributed by atoms with Gasteiger partial charge in [0.1, 0.15) is 5.82 Å². The number of rotatable bonds is 6. The molecule has 4 aromatic rings. The molecule has 0 saturated carbocycles. The predicted molar refractivity (Wildman–Crippen MR) is 129 cm³/mol.